The lowest BCUT2D eigenvalue weighted by atomic mass is 10.1. The predicted octanol–water partition coefficient (Wildman–Crippen LogP) is 4.28. The zero-order valence-corrected chi connectivity index (χ0v) is 20.1. The molecule has 174 valence electrons. The van der Waals surface area contributed by atoms with Crippen LogP contribution in [-0.2, 0) is 17.5 Å². The first-order valence-corrected chi connectivity index (χ1v) is 11.6. The zero-order chi connectivity index (χ0) is 23.8. The molecule has 0 saturated carbocycles. The van der Waals surface area contributed by atoms with Gasteiger partial charge in [0.15, 0.2) is 5.13 Å². The summed E-state index contributed by atoms with van der Waals surface area (Å²) >= 11 is 8.60. The van der Waals surface area contributed by atoms with Crippen LogP contribution in [0.1, 0.15) is 5.56 Å². The van der Waals surface area contributed by atoms with Gasteiger partial charge in [-0.3, -0.25) is 14.2 Å². The molecule has 4 rings (SSSR count). The van der Waals surface area contributed by atoms with Crippen LogP contribution in [0, 0.1) is 0 Å². The number of hydrogen-bond donors (Lipinski definition) is 4. The van der Waals surface area contributed by atoms with Gasteiger partial charge in [-0.2, -0.15) is 18.2 Å². The van der Waals surface area contributed by atoms with Crippen molar-refractivity contribution in [2.45, 2.75) is 12.7 Å². The summed E-state index contributed by atoms with van der Waals surface area (Å²) in [4.78, 5) is 32.8. The monoisotopic (exact) mass is 611 g/mol. The minimum absolute atomic E-state index is 0.146. The summed E-state index contributed by atoms with van der Waals surface area (Å²) in [6.45, 7) is 0.993. The molecule has 1 aliphatic heterocycles. The van der Waals surface area contributed by atoms with Crippen molar-refractivity contribution < 1.29 is 18.0 Å². The molecule has 2 aromatic heterocycles. The van der Waals surface area contributed by atoms with Gasteiger partial charge in [-0.15, -0.1) is 11.3 Å². The number of amides is 1. The van der Waals surface area contributed by atoms with Gasteiger partial charge in [-0.25, -0.2) is 4.98 Å². The molecule has 1 amide bonds. The van der Waals surface area contributed by atoms with Crippen LogP contribution in [0.3, 0.4) is 0 Å². The Balaban J connectivity index is 1.45. The molecular weight excluding hydrogens is 598 g/mol. The van der Waals surface area contributed by atoms with Crippen molar-refractivity contribution in [1.82, 2.24) is 14.5 Å². The number of fused-ring (bicyclic) bond motifs is 1. The highest BCUT2D eigenvalue weighted by Gasteiger charge is 2.33. The van der Waals surface area contributed by atoms with Gasteiger partial charge < -0.3 is 19.5 Å². The second-order valence-corrected chi connectivity index (χ2v) is 8.57. The summed E-state index contributed by atoms with van der Waals surface area (Å²) in [5, 5.41) is 9.65. The maximum atomic E-state index is 13.1. The summed E-state index contributed by atoms with van der Waals surface area (Å²) < 4.78 is 44.0. The number of halogens is 5. The molecule has 0 saturated heterocycles. The van der Waals surface area contributed by atoms with Crippen molar-refractivity contribution in [3.63, 3.8) is 0 Å². The van der Waals surface area contributed by atoms with Crippen LogP contribution < -0.4 is 25.0 Å². The number of benzene rings is 1. The number of nitrogens with zero attached hydrogens (tertiary/aromatic N) is 3. The first-order chi connectivity index (χ1) is 15.7. The fraction of sp³-hybridized carbons (Fsp3) is 0.222. The lowest BCUT2D eigenvalue weighted by Crippen LogP contribution is -2.26. The van der Waals surface area contributed by atoms with E-state index in [0.717, 1.165) is 23.5 Å². The van der Waals surface area contributed by atoms with E-state index in [1.54, 1.807) is 4.57 Å². The molecule has 1 aliphatic rings. The Kier molecular flexibility index (Phi) is 6.67. The predicted molar refractivity (Wildman–Crippen MR) is 129 cm³/mol. The third-order valence-electron chi connectivity index (χ3n) is 4.64. The molecule has 0 fully saturated rings. The van der Waals surface area contributed by atoms with Crippen LogP contribution in [0.2, 0.25) is 5.02 Å². The number of carbonyl (C=O) groups excluding carboxylic acids is 1. The van der Waals surface area contributed by atoms with Gasteiger partial charge >= 0.3 is 6.18 Å². The lowest BCUT2D eigenvalue weighted by molar-refractivity contribution is -0.137. The SMILES string of the molecule is O=C(CNc1c(NI)n2c(nc1=O)NCC2)Nc1nc(-c2ccc(Cl)c(C(F)(F)F)c2)cs1. The average Bonchev–Trinajstić information content (AvgIpc) is 3.40. The normalized spacial score (nSPS) is 12.8. The smallest absolute Gasteiger partial charge is 0.369 e. The molecule has 15 heteroatoms. The van der Waals surface area contributed by atoms with E-state index in [1.807, 2.05) is 22.9 Å². The first kappa shape index (κ1) is 23.6. The first-order valence-electron chi connectivity index (χ1n) is 9.29. The summed E-state index contributed by atoms with van der Waals surface area (Å²) in [7, 11) is 0. The van der Waals surface area contributed by atoms with Crippen LogP contribution in [0.15, 0.2) is 28.4 Å². The van der Waals surface area contributed by atoms with E-state index in [2.05, 4.69) is 29.4 Å². The molecule has 0 unspecified atom stereocenters. The van der Waals surface area contributed by atoms with Gasteiger partial charge in [0.25, 0.3) is 5.56 Å². The van der Waals surface area contributed by atoms with Gasteiger partial charge in [0, 0.05) is 24.0 Å². The Hall–Kier alpha value is -2.59. The third-order valence-corrected chi connectivity index (χ3v) is 6.23. The number of alkyl halides is 3. The van der Waals surface area contributed by atoms with Crippen molar-refractivity contribution in [1.29, 1.82) is 0 Å². The average molecular weight is 612 g/mol. The molecule has 9 nitrogen and oxygen atoms in total. The van der Waals surface area contributed by atoms with Crippen molar-refractivity contribution >= 4 is 74.3 Å². The van der Waals surface area contributed by atoms with Gasteiger partial charge in [-0.1, -0.05) is 17.7 Å². The van der Waals surface area contributed by atoms with Gasteiger partial charge in [0.1, 0.15) is 11.5 Å². The van der Waals surface area contributed by atoms with Crippen molar-refractivity contribution in [3.05, 3.63) is 44.5 Å². The summed E-state index contributed by atoms with van der Waals surface area (Å²) in [5.74, 6) is 0.439. The Labute approximate surface area is 207 Å². The highest BCUT2D eigenvalue weighted by molar-refractivity contribution is 14.1. The minimum Gasteiger partial charge on any atom is -0.369 e. The summed E-state index contributed by atoms with van der Waals surface area (Å²) in [5.41, 5.74) is -0.871. The number of rotatable bonds is 6. The Morgan fingerprint density at radius 2 is 2.12 bits per heavy atom. The fourth-order valence-corrected chi connectivity index (χ4v) is 4.66. The lowest BCUT2D eigenvalue weighted by Gasteiger charge is -2.14. The Bertz CT molecular complexity index is 1280. The molecule has 3 aromatic rings. The van der Waals surface area contributed by atoms with E-state index in [4.69, 9.17) is 11.6 Å². The molecule has 0 spiro atoms. The van der Waals surface area contributed by atoms with E-state index in [-0.39, 0.29) is 28.6 Å². The van der Waals surface area contributed by atoms with Crippen LogP contribution in [0.25, 0.3) is 11.3 Å². The van der Waals surface area contributed by atoms with Gasteiger partial charge in [-0.05, 0) is 12.1 Å². The Morgan fingerprint density at radius 1 is 1.33 bits per heavy atom. The van der Waals surface area contributed by atoms with E-state index in [1.165, 1.54) is 11.4 Å². The number of hydrogen-bond acceptors (Lipinski definition) is 8. The van der Waals surface area contributed by atoms with Crippen LogP contribution in [0.5, 0.6) is 0 Å². The van der Waals surface area contributed by atoms with E-state index in [9.17, 15) is 22.8 Å². The number of nitrogens with one attached hydrogen (secondary N) is 4. The maximum absolute atomic E-state index is 13.1. The Morgan fingerprint density at radius 3 is 2.85 bits per heavy atom. The van der Waals surface area contributed by atoms with E-state index < -0.39 is 28.2 Å². The molecule has 3 heterocycles. The molecule has 0 aliphatic carbocycles. The highest BCUT2D eigenvalue weighted by atomic mass is 127. The van der Waals surface area contributed by atoms with Gasteiger partial charge in [0.05, 0.1) is 45.7 Å². The second kappa shape index (κ2) is 9.34. The van der Waals surface area contributed by atoms with Crippen molar-refractivity contribution in [3.8, 4) is 11.3 Å². The molecule has 1 aromatic carbocycles. The van der Waals surface area contributed by atoms with Crippen molar-refractivity contribution in [2.75, 3.05) is 32.6 Å². The summed E-state index contributed by atoms with van der Waals surface area (Å²) in [6.07, 6.45) is -4.60. The van der Waals surface area contributed by atoms with Crippen LogP contribution >= 0.6 is 45.8 Å². The number of aromatic nitrogens is 3. The van der Waals surface area contributed by atoms with Crippen LogP contribution in [0.4, 0.5) is 35.8 Å². The minimum atomic E-state index is -4.60. The van der Waals surface area contributed by atoms with Gasteiger partial charge in [0.2, 0.25) is 11.9 Å². The van der Waals surface area contributed by atoms with E-state index >= 15 is 0 Å². The molecule has 4 N–H and O–H groups in total. The van der Waals surface area contributed by atoms with Crippen LogP contribution in [-0.4, -0.2) is 33.5 Å². The fourth-order valence-electron chi connectivity index (χ4n) is 3.14. The largest absolute Gasteiger partial charge is 0.417 e. The number of thiazole rings is 1. The zero-order valence-electron chi connectivity index (χ0n) is 16.4. The standard InChI is InChI=1S/C18H14ClF3IN7O2S/c19-10-2-1-8(5-9(10)18(20,21)22)11-7-33-17(26-11)27-12(31)6-25-13-14(29-23)30-4-3-24-16(30)28-15(13)32/h1-2,5,7,25,29H,3-4,6H2,(H,24,28,32)(H,26,27,31). The number of anilines is 4. The third kappa shape index (κ3) is 5.01. The summed E-state index contributed by atoms with van der Waals surface area (Å²) in [6, 6.07) is 3.48. The molecule has 0 radical (unpaired) electrons. The molecular formula is C18H14ClF3IN7O2S. The number of carbonyl (C=O) groups is 1. The second-order valence-electron chi connectivity index (χ2n) is 6.77. The van der Waals surface area contributed by atoms with Crippen molar-refractivity contribution in [2.24, 2.45) is 0 Å². The van der Waals surface area contributed by atoms with E-state index in [0.29, 0.717) is 24.9 Å². The molecule has 33 heavy (non-hydrogen) atoms. The highest BCUT2D eigenvalue weighted by Crippen LogP contribution is 2.37. The maximum Gasteiger partial charge on any atom is 0.417 e. The molecule has 0 atom stereocenters. The topological polar surface area (TPSA) is 113 Å². The quantitative estimate of drug-likeness (QED) is 0.243. The molecule has 0 bridgehead atoms.